The second kappa shape index (κ2) is 7.62. The molecular formula is C27H27N3O3. The van der Waals surface area contributed by atoms with Crippen molar-refractivity contribution in [3.05, 3.63) is 41.2 Å². The Morgan fingerprint density at radius 2 is 2.15 bits per heavy atom. The Bertz CT molecular complexity index is 1290. The van der Waals surface area contributed by atoms with Crippen molar-refractivity contribution >= 4 is 28.3 Å². The van der Waals surface area contributed by atoms with Crippen LogP contribution in [-0.4, -0.2) is 22.7 Å². The third-order valence-electron chi connectivity index (χ3n) is 7.49. The fourth-order valence-corrected chi connectivity index (χ4v) is 5.09. The number of benzene rings is 1. The number of unbranched alkanes of at least 4 members (excludes halogenated alkanes) is 1. The van der Waals surface area contributed by atoms with Gasteiger partial charge in [0, 0.05) is 11.6 Å². The van der Waals surface area contributed by atoms with Gasteiger partial charge in [0.2, 0.25) is 11.8 Å². The van der Waals surface area contributed by atoms with E-state index in [1.54, 1.807) is 11.1 Å². The number of pyridine rings is 1. The third-order valence-corrected chi connectivity index (χ3v) is 7.49. The van der Waals surface area contributed by atoms with E-state index < -0.39 is 5.41 Å². The van der Waals surface area contributed by atoms with Crippen LogP contribution in [0.15, 0.2) is 28.9 Å². The molecule has 0 bridgehead atoms. The van der Waals surface area contributed by atoms with E-state index in [-0.39, 0.29) is 5.91 Å². The number of hydrogen-bond donors (Lipinski definition) is 0. The summed E-state index contributed by atoms with van der Waals surface area (Å²) in [6, 6.07) is 5.98. The first-order valence-corrected chi connectivity index (χ1v) is 12.0. The van der Waals surface area contributed by atoms with Crippen molar-refractivity contribution in [2.75, 3.05) is 11.5 Å². The van der Waals surface area contributed by atoms with Gasteiger partial charge in [-0.2, -0.15) is 0 Å². The van der Waals surface area contributed by atoms with Gasteiger partial charge in [-0.05, 0) is 68.1 Å². The number of carbonyl (C=O) groups excluding carboxylic acids is 1. The summed E-state index contributed by atoms with van der Waals surface area (Å²) in [5.41, 5.74) is 4.31. The lowest BCUT2D eigenvalue weighted by Gasteiger charge is -2.26. The van der Waals surface area contributed by atoms with Crippen LogP contribution < -0.4 is 9.64 Å². The Balaban J connectivity index is 1.40. The minimum Gasteiger partial charge on any atom is -0.477 e. The van der Waals surface area contributed by atoms with E-state index in [0.717, 1.165) is 66.6 Å². The summed E-state index contributed by atoms with van der Waals surface area (Å²) >= 11 is 0. The lowest BCUT2D eigenvalue weighted by Crippen LogP contribution is -2.28. The predicted octanol–water partition coefficient (Wildman–Crippen LogP) is 5.44. The number of aryl methyl sites for hydroxylation is 1. The second-order valence-electron chi connectivity index (χ2n) is 9.63. The molecular weight excluding hydrogens is 414 g/mol. The molecule has 33 heavy (non-hydrogen) atoms. The van der Waals surface area contributed by atoms with Gasteiger partial charge in [-0.15, -0.1) is 6.42 Å². The summed E-state index contributed by atoms with van der Waals surface area (Å²) in [5, 5.41) is 4.79. The summed E-state index contributed by atoms with van der Waals surface area (Å²) in [4.78, 5) is 20.1. The second-order valence-corrected chi connectivity index (χ2v) is 9.63. The van der Waals surface area contributed by atoms with Crippen LogP contribution in [0.25, 0.3) is 11.0 Å². The standard InChI is InChI=1S/C27H27N3O3/c1-3-5-9-18-12-19(15-28-25(18)32-16-17-7-6-8-17)30-23-14-24-20(22(4-2)29-33-24)13-21(23)27(10-11-27)26(30)31/h2,12-15,17H,3,5-11,16H2,1H3. The number of nitrogens with zero attached hydrogens (tertiary/aromatic N) is 3. The summed E-state index contributed by atoms with van der Waals surface area (Å²) in [7, 11) is 0. The normalized spacial score (nSPS) is 18.4. The number of hydrogen-bond acceptors (Lipinski definition) is 5. The Morgan fingerprint density at radius 3 is 2.85 bits per heavy atom. The van der Waals surface area contributed by atoms with Crippen LogP contribution >= 0.6 is 0 Å². The molecule has 6 rings (SSSR count). The predicted molar refractivity (Wildman–Crippen MR) is 126 cm³/mol. The Hall–Kier alpha value is -3.33. The first-order chi connectivity index (χ1) is 16.1. The number of carbonyl (C=O) groups is 1. The molecule has 2 aliphatic carbocycles. The maximum absolute atomic E-state index is 13.7. The number of rotatable bonds is 7. The minimum atomic E-state index is -0.463. The highest BCUT2D eigenvalue weighted by Gasteiger charge is 2.60. The van der Waals surface area contributed by atoms with Crippen molar-refractivity contribution in [2.45, 2.75) is 63.7 Å². The molecule has 0 atom stereocenters. The lowest BCUT2D eigenvalue weighted by atomic mass is 9.86. The van der Waals surface area contributed by atoms with Crippen molar-refractivity contribution in [3.63, 3.8) is 0 Å². The van der Waals surface area contributed by atoms with Gasteiger partial charge in [0.25, 0.3) is 0 Å². The van der Waals surface area contributed by atoms with Crippen LogP contribution in [0.5, 0.6) is 5.88 Å². The molecule has 1 aliphatic heterocycles. The lowest BCUT2D eigenvalue weighted by molar-refractivity contribution is -0.119. The van der Waals surface area contributed by atoms with E-state index in [0.29, 0.717) is 23.1 Å². The summed E-state index contributed by atoms with van der Waals surface area (Å²) < 4.78 is 11.6. The first-order valence-electron chi connectivity index (χ1n) is 12.0. The van der Waals surface area contributed by atoms with E-state index in [4.69, 9.17) is 15.7 Å². The Kier molecular flexibility index (Phi) is 4.69. The van der Waals surface area contributed by atoms with Crippen molar-refractivity contribution < 1.29 is 14.1 Å². The topological polar surface area (TPSA) is 68.5 Å². The van der Waals surface area contributed by atoms with Crippen LogP contribution in [0.4, 0.5) is 11.4 Å². The van der Waals surface area contributed by atoms with Gasteiger partial charge in [-0.1, -0.05) is 24.9 Å². The number of fused-ring (bicyclic) bond motifs is 3. The average Bonchev–Trinajstić information content (AvgIpc) is 3.45. The molecule has 0 unspecified atom stereocenters. The van der Waals surface area contributed by atoms with Gasteiger partial charge in [-0.25, -0.2) is 4.98 Å². The van der Waals surface area contributed by atoms with Crippen LogP contribution in [-0.2, 0) is 16.6 Å². The smallest absolute Gasteiger partial charge is 0.242 e. The molecule has 2 fully saturated rings. The highest BCUT2D eigenvalue weighted by Crippen LogP contribution is 2.59. The molecule has 2 aromatic heterocycles. The number of aromatic nitrogens is 2. The number of anilines is 2. The maximum atomic E-state index is 13.7. The SMILES string of the molecule is C#Cc1noc2cc3c(cc12)C1(CC1)C(=O)N3c1cnc(OCC2CCC2)c(CCCC)c1. The first kappa shape index (κ1) is 20.3. The average molecular weight is 442 g/mol. The van der Waals surface area contributed by atoms with Crippen LogP contribution in [0.1, 0.15) is 68.7 Å². The van der Waals surface area contributed by atoms with Crippen LogP contribution in [0, 0.1) is 18.3 Å². The zero-order valence-electron chi connectivity index (χ0n) is 18.9. The molecule has 0 saturated heterocycles. The largest absolute Gasteiger partial charge is 0.477 e. The molecule has 2 saturated carbocycles. The van der Waals surface area contributed by atoms with E-state index in [1.807, 2.05) is 12.1 Å². The molecule has 0 N–H and O–H groups in total. The van der Waals surface area contributed by atoms with Crippen molar-refractivity contribution in [3.8, 4) is 18.2 Å². The van der Waals surface area contributed by atoms with Gasteiger partial charge in [-0.3, -0.25) is 9.69 Å². The monoisotopic (exact) mass is 441 g/mol. The van der Waals surface area contributed by atoms with E-state index in [1.165, 1.54) is 19.3 Å². The van der Waals surface area contributed by atoms with Gasteiger partial charge >= 0.3 is 0 Å². The van der Waals surface area contributed by atoms with Gasteiger partial charge in [0.05, 0.1) is 35.0 Å². The van der Waals surface area contributed by atoms with Crippen molar-refractivity contribution in [2.24, 2.45) is 5.92 Å². The Labute approximate surface area is 193 Å². The summed E-state index contributed by atoms with van der Waals surface area (Å²) in [6.07, 6.45) is 15.8. The number of ether oxygens (including phenoxy) is 1. The zero-order valence-corrected chi connectivity index (χ0v) is 18.9. The van der Waals surface area contributed by atoms with Crippen molar-refractivity contribution in [1.29, 1.82) is 0 Å². The molecule has 1 aromatic carbocycles. The van der Waals surface area contributed by atoms with Gasteiger partial charge < -0.3 is 9.26 Å². The zero-order chi connectivity index (χ0) is 22.6. The Morgan fingerprint density at radius 1 is 1.30 bits per heavy atom. The highest BCUT2D eigenvalue weighted by atomic mass is 16.5. The molecule has 6 nitrogen and oxygen atoms in total. The molecule has 1 spiro atoms. The molecule has 0 radical (unpaired) electrons. The van der Waals surface area contributed by atoms with Gasteiger partial charge in [0.1, 0.15) is 0 Å². The van der Waals surface area contributed by atoms with E-state index in [2.05, 4.69) is 29.1 Å². The van der Waals surface area contributed by atoms with Crippen LogP contribution in [0.3, 0.4) is 0 Å². The third kappa shape index (κ3) is 3.13. The number of terminal acetylenes is 1. The molecule has 1 amide bonds. The fraction of sp³-hybridized carbons (Fsp3) is 0.444. The quantitative estimate of drug-likeness (QED) is 0.457. The van der Waals surface area contributed by atoms with E-state index in [9.17, 15) is 4.79 Å². The fourth-order valence-electron chi connectivity index (χ4n) is 5.09. The summed E-state index contributed by atoms with van der Waals surface area (Å²) in [5.74, 6) is 4.03. The number of amides is 1. The summed E-state index contributed by atoms with van der Waals surface area (Å²) in [6.45, 7) is 2.90. The van der Waals surface area contributed by atoms with E-state index >= 15 is 0 Å². The van der Waals surface area contributed by atoms with Gasteiger partial charge in [0.15, 0.2) is 11.3 Å². The molecule has 3 aromatic rings. The highest BCUT2D eigenvalue weighted by molar-refractivity contribution is 6.16. The minimum absolute atomic E-state index is 0.103. The maximum Gasteiger partial charge on any atom is 0.242 e. The van der Waals surface area contributed by atoms with Crippen molar-refractivity contribution in [1.82, 2.24) is 10.1 Å². The molecule has 3 aliphatic rings. The molecule has 168 valence electrons. The molecule has 6 heteroatoms. The van der Waals surface area contributed by atoms with Crippen LogP contribution in [0.2, 0.25) is 0 Å². The molecule has 3 heterocycles.